The van der Waals surface area contributed by atoms with Crippen LogP contribution in [0.2, 0.25) is 0 Å². The molecule has 1 amide bonds. The maximum absolute atomic E-state index is 13.8. The van der Waals surface area contributed by atoms with E-state index in [-0.39, 0.29) is 16.9 Å². The summed E-state index contributed by atoms with van der Waals surface area (Å²) in [4.78, 5) is 40.3. The normalized spacial score (nSPS) is 33.0. The molecule has 0 aliphatic heterocycles. The molecule has 0 saturated heterocycles. The molecule has 198 valence electrons. The van der Waals surface area contributed by atoms with Gasteiger partial charge in [-0.1, -0.05) is 45.2 Å². The predicted molar refractivity (Wildman–Crippen MR) is 133 cm³/mol. The number of carbonyl (C=O) groups is 3. The van der Waals surface area contributed by atoms with E-state index in [4.69, 9.17) is 0 Å². The Morgan fingerprint density at radius 2 is 1.78 bits per heavy atom. The van der Waals surface area contributed by atoms with Gasteiger partial charge < -0.3 is 30.8 Å². The van der Waals surface area contributed by atoms with Crippen molar-refractivity contribution in [3.63, 3.8) is 0 Å². The highest BCUT2D eigenvalue weighted by Crippen LogP contribution is 2.55. The molecule has 0 bridgehead atoms. The standard InChI is InChI=1S/C28H33NO8/c1-3-27(10-5-4-6-11-27)29-26(36)20-17(31)12-15-22(32)18-13(2)14-8-7-9-16(30)19(14)23(33)21(18)25(35)28(15,37)24(20)34/h7-9,13,15,18,22,30,32-34,37H,3-6,10-12H2,1-2H3,(H,29,36). The number of ketones is 2. The fraction of sp³-hybridized carbons (Fsp3) is 0.536. The van der Waals surface area contributed by atoms with Crippen molar-refractivity contribution in [3.8, 4) is 5.75 Å². The van der Waals surface area contributed by atoms with Gasteiger partial charge in [-0.3, -0.25) is 14.4 Å². The average molecular weight is 512 g/mol. The maximum atomic E-state index is 13.8. The number of aliphatic hydroxyl groups is 4. The van der Waals surface area contributed by atoms with Crippen LogP contribution in [0.4, 0.5) is 0 Å². The molecule has 1 aromatic carbocycles. The molecule has 0 spiro atoms. The molecule has 9 nitrogen and oxygen atoms in total. The van der Waals surface area contributed by atoms with Crippen molar-refractivity contribution in [2.45, 2.75) is 82.0 Å². The van der Waals surface area contributed by atoms with Crippen LogP contribution in [-0.4, -0.2) is 60.3 Å². The first-order valence-electron chi connectivity index (χ1n) is 13.0. The molecule has 4 aliphatic carbocycles. The Morgan fingerprint density at radius 1 is 1.11 bits per heavy atom. The summed E-state index contributed by atoms with van der Waals surface area (Å²) in [5, 5.41) is 58.6. The number of phenolic OH excluding ortho intramolecular Hbond substituents is 1. The van der Waals surface area contributed by atoms with Crippen molar-refractivity contribution >= 4 is 23.2 Å². The largest absolute Gasteiger partial charge is 0.508 e. The Bertz CT molecular complexity index is 1260. The minimum Gasteiger partial charge on any atom is -0.508 e. The number of aromatic hydroxyl groups is 1. The second-order valence-electron chi connectivity index (χ2n) is 11.0. The van der Waals surface area contributed by atoms with Crippen LogP contribution in [0.1, 0.15) is 75.8 Å². The Hall–Kier alpha value is -3.17. The van der Waals surface area contributed by atoms with Crippen LogP contribution in [0, 0.1) is 11.8 Å². The molecule has 5 atom stereocenters. The van der Waals surface area contributed by atoms with E-state index in [0.717, 1.165) is 19.3 Å². The summed E-state index contributed by atoms with van der Waals surface area (Å²) >= 11 is 0. The number of phenols is 1. The van der Waals surface area contributed by atoms with Crippen LogP contribution in [-0.2, 0) is 14.4 Å². The summed E-state index contributed by atoms with van der Waals surface area (Å²) in [6.45, 7) is 3.64. The highest BCUT2D eigenvalue weighted by Gasteiger charge is 2.65. The lowest BCUT2D eigenvalue weighted by Crippen LogP contribution is -2.64. The summed E-state index contributed by atoms with van der Waals surface area (Å²) in [6.07, 6.45) is 2.87. The lowest BCUT2D eigenvalue weighted by atomic mass is 9.55. The van der Waals surface area contributed by atoms with E-state index >= 15 is 0 Å². The van der Waals surface area contributed by atoms with Crippen molar-refractivity contribution in [3.05, 3.63) is 46.2 Å². The van der Waals surface area contributed by atoms with Gasteiger partial charge in [0.05, 0.1) is 11.7 Å². The van der Waals surface area contributed by atoms with Gasteiger partial charge in [0.25, 0.3) is 5.91 Å². The second kappa shape index (κ2) is 8.70. The molecular formula is C28H33NO8. The lowest BCUT2D eigenvalue weighted by molar-refractivity contribution is -0.160. The molecule has 37 heavy (non-hydrogen) atoms. The van der Waals surface area contributed by atoms with Gasteiger partial charge in [-0.05, 0) is 36.8 Å². The topological polar surface area (TPSA) is 164 Å². The van der Waals surface area contributed by atoms with E-state index in [1.807, 2.05) is 6.92 Å². The van der Waals surface area contributed by atoms with E-state index in [0.29, 0.717) is 24.8 Å². The van der Waals surface area contributed by atoms with Crippen LogP contribution in [0.15, 0.2) is 35.1 Å². The molecule has 2 saturated carbocycles. The van der Waals surface area contributed by atoms with Gasteiger partial charge in [-0.25, -0.2) is 0 Å². The Balaban J connectivity index is 1.62. The molecule has 5 rings (SSSR count). The summed E-state index contributed by atoms with van der Waals surface area (Å²) in [5.74, 6) is -7.67. The molecule has 4 aliphatic rings. The third-order valence-corrected chi connectivity index (χ3v) is 9.21. The predicted octanol–water partition coefficient (Wildman–Crippen LogP) is 2.70. The van der Waals surface area contributed by atoms with Gasteiger partial charge in [-0.15, -0.1) is 0 Å². The van der Waals surface area contributed by atoms with E-state index < -0.39 is 76.0 Å². The fourth-order valence-electron chi connectivity index (χ4n) is 7.04. The fourth-order valence-corrected chi connectivity index (χ4v) is 7.04. The molecule has 9 heteroatoms. The Kier molecular flexibility index (Phi) is 5.99. The number of aliphatic hydroxyl groups excluding tert-OH is 3. The highest BCUT2D eigenvalue weighted by molar-refractivity contribution is 6.23. The molecule has 6 N–H and O–H groups in total. The van der Waals surface area contributed by atoms with Crippen molar-refractivity contribution < 1.29 is 39.9 Å². The molecule has 0 radical (unpaired) electrons. The number of carbonyl (C=O) groups excluding carboxylic acids is 3. The van der Waals surface area contributed by atoms with Gasteiger partial charge >= 0.3 is 0 Å². The Morgan fingerprint density at radius 3 is 2.43 bits per heavy atom. The number of hydrogen-bond acceptors (Lipinski definition) is 8. The first kappa shape index (κ1) is 25.5. The summed E-state index contributed by atoms with van der Waals surface area (Å²) < 4.78 is 0. The number of amides is 1. The third kappa shape index (κ3) is 3.47. The number of hydrogen-bond donors (Lipinski definition) is 6. The van der Waals surface area contributed by atoms with E-state index in [1.54, 1.807) is 19.1 Å². The van der Waals surface area contributed by atoms with Gasteiger partial charge in [0.15, 0.2) is 11.4 Å². The van der Waals surface area contributed by atoms with Crippen LogP contribution in [0.25, 0.3) is 5.76 Å². The molecule has 5 unspecified atom stereocenters. The van der Waals surface area contributed by atoms with Gasteiger partial charge in [0.2, 0.25) is 5.78 Å². The minimum absolute atomic E-state index is 0.0133. The smallest absolute Gasteiger partial charge is 0.258 e. The third-order valence-electron chi connectivity index (χ3n) is 9.21. The van der Waals surface area contributed by atoms with E-state index in [1.165, 1.54) is 6.07 Å². The van der Waals surface area contributed by atoms with Crippen molar-refractivity contribution in [1.29, 1.82) is 0 Å². The van der Waals surface area contributed by atoms with Gasteiger partial charge in [0.1, 0.15) is 22.8 Å². The average Bonchev–Trinajstić information content (AvgIpc) is 2.87. The zero-order chi connectivity index (χ0) is 26.9. The molecule has 0 aromatic heterocycles. The number of nitrogens with one attached hydrogen (secondary N) is 1. The van der Waals surface area contributed by atoms with Crippen LogP contribution in [0.3, 0.4) is 0 Å². The first-order valence-corrected chi connectivity index (χ1v) is 13.0. The molecule has 0 heterocycles. The SMILES string of the molecule is CCC1(NC(=O)C2=C(O)C3(O)C(=O)C4=C(O)c5c(O)cccc5C(C)C4C(O)C3CC2=O)CCCCC1. The van der Waals surface area contributed by atoms with Crippen molar-refractivity contribution in [1.82, 2.24) is 5.32 Å². The first-order chi connectivity index (χ1) is 17.5. The van der Waals surface area contributed by atoms with Crippen LogP contribution < -0.4 is 5.32 Å². The summed E-state index contributed by atoms with van der Waals surface area (Å²) in [5.41, 5.74) is -3.85. The van der Waals surface area contributed by atoms with Crippen molar-refractivity contribution in [2.24, 2.45) is 11.8 Å². The number of benzene rings is 1. The second-order valence-corrected chi connectivity index (χ2v) is 11.0. The molecule has 2 fully saturated rings. The van der Waals surface area contributed by atoms with Crippen molar-refractivity contribution in [2.75, 3.05) is 0 Å². The van der Waals surface area contributed by atoms with Gasteiger partial charge in [-0.2, -0.15) is 0 Å². The van der Waals surface area contributed by atoms with Crippen LogP contribution >= 0.6 is 0 Å². The van der Waals surface area contributed by atoms with Crippen LogP contribution in [0.5, 0.6) is 5.75 Å². The number of fused-ring (bicyclic) bond motifs is 3. The zero-order valence-corrected chi connectivity index (χ0v) is 21.0. The quantitative estimate of drug-likeness (QED) is 0.337. The highest BCUT2D eigenvalue weighted by atomic mass is 16.4. The summed E-state index contributed by atoms with van der Waals surface area (Å²) in [6, 6.07) is 4.58. The van der Waals surface area contributed by atoms with E-state index in [9.17, 15) is 39.9 Å². The minimum atomic E-state index is -2.78. The Labute approximate surface area is 214 Å². The zero-order valence-electron chi connectivity index (χ0n) is 21.0. The lowest BCUT2D eigenvalue weighted by Gasteiger charge is -2.50. The van der Waals surface area contributed by atoms with E-state index in [2.05, 4.69) is 5.32 Å². The number of rotatable bonds is 3. The summed E-state index contributed by atoms with van der Waals surface area (Å²) in [7, 11) is 0. The van der Waals surface area contributed by atoms with Gasteiger partial charge in [0, 0.05) is 29.4 Å². The number of Topliss-reactive ketones (excluding diaryl/α,β-unsaturated/α-hetero) is 2. The molecule has 1 aromatic rings. The molecular weight excluding hydrogens is 478 g/mol. The maximum Gasteiger partial charge on any atom is 0.258 e. The monoisotopic (exact) mass is 511 g/mol.